The highest BCUT2D eigenvalue weighted by molar-refractivity contribution is 6.41. The molecular formula is C11H14Cl2N2O2. The van der Waals surface area contributed by atoms with Crippen LogP contribution in [0.4, 0.5) is 0 Å². The number of halogens is 2. The van der Waals surface area contributed by atoms with E-state index in [1.165, 1.54) is 0 Å². The van der Waals surface area contributed by atoms with Crippen LogP contribution in [-0.4, -0.2) is 39.7 Å². The van der Waals surface area contributed by atoms with Crippen LogP contribution in [0.2, 0.25) is 10.2 Å². The maximum Gasteiger partial charge on any atom is 0.270 e. The van der Waals surface area contributed by atoms with Gasteiger partial charge in [0.1, 0.15) is 10.8 Å². The molecule has 1 fully saturated rings. The molecule has 2 heterocycles. The van der Waals surface area contributed by atoms with Crippen molar-refractivity contribution in [3.05, 3.63) is 21.9 Å². The quantitative estimate of drug-likeness (QED) is 0.852. The van der Waals surface area contributed by atoms with Crippen molar-refractivity contribution in [2.75, 3.05) is 13.1 Å². The Bertz CT molecular complexity index is 445. The Labute approximate surface area is 110 Å². The SMILES string of the molecule is Cn1c(C(=O)N2CCC[C@H](O)C2)cc(Cl)c1Cl. The number of carbonyl (C=O) groups is 1. The van der Waals surface area contributed by atoms with Crippen molar-refractivity contribution in [2.24, 2.45) is 7.05 Å². The first-order valence-corrected chi connectivity index (χ1v) is 6.24. The molecule has 0 unspecified atom stereocenters. The molecule has 0 aromatic carbocycles. The summed E-state index contributed by atoms with van der Waals surface area (Å²) in [5, 5.41) is 10.3. The van der Waals surface area contributed by atoms with E-state index < -0.39 is 6.10 Å². The molecule has 1 N–H and O–H groups in total. The molecule has 0 bridgehead atoms. The Morgan fingerprint density at radius 1 is 1.53 bits per heavy atom. The lowest BCUT2D eigenvalue weighted by Gasteiger charge is -2.30. The van der Waals surface area contributed by atoms with Crippen LogP contribution in [0.5, 0.6) is 0 Å². The first kappa shape index (κ1) is 12.7. The Morgan fingerprint density at radius 3 is 2.76 bits per heavy atom. The number of aliphatic hydroxyl groups is 1. The number of amides is 1. The van der Waals surface area contributed by atoms with Crippen LogP contribution >= 0.6 is 23.2 Å². The lowest BCUT2D eigenvalue weighted by Crippen LogP contribution is -2.42. The van der Waals surface area contributed by atoms with E-state index in [1.54, 1.807) is 22.6 Å². The molecule has 1 atom stereocenters. The molecule has 94 valence electrons. The second kappa shape index (κ2) is 4.88. The minimum absolute atomic E-state index is 0.139. The fraction of sp³-hybridized carbons (Fsp3) is 0.545. The van der Waals surface area contributed by atoms with E-state index in [1.807, 2.05) is 0 Å². The number of likely N-dealkylation sites (tertiary alicyclic amines) is 1. The molecule has 1 aliphatic heterocycles. The maximum atomic E-state index is 12.2. The molecule has 1 aliphatic rings. The number of hydrogen-bond donors (Lipinski definition) is 1. The molecular weight excluding hydrogens is 263 g/mol. The van der Waals surface area contributed by atoms with Crippen LogP contribution < -0.4 is 0 Å². The fourth-order valence-electron chi connectivity index (χ4n) is 2.05. The normalized spacial score (nSPS) is 20.7. The van der Waals surface area contributed by atoms with E-state index in [-0.39, 0.29) is 5.91 Å². The minimum atomic E-state index is -0.432. The number of β-amino-alcohol motifs (C(OH)–C–C–N with tert-alkyl or cyclic N) is 1. The number of carbonyl (C=O) groups excluding carboxylic acids is 1. The van der Waals surface area contributed by atoms with Gasteiger partial charge >= 0.3 is 0 Å². The van der Waals surface area contributed by atoms with E-state index in [4.69, 9.17) is 23.2 Å². The molecule has 2 rings (SSSR count). The lowest BCUT2D eigenvalue weighted by atomic mass is 10.1. The predicted octanol–water partition coefficient (Wildman–Crippen LogP) is 1.93. The van der Waals surface area contributed by atoms with Gasteiger partial charge in [0.25, 0.3) is 5.91 Å². The van der Waals surface area contributed by atoms with Crippen molar-refractivity contribution < 1.29 is 9.90 Å². The van der Waals surface area contributed by atoms with Crippen molar-refractivity contribution in [3.63, 3.8) is 0 Å². The summed E-state index contributed by atoms with van der Waals surface area (Å²) in [4.78, 5) is 13.8. The largest absolute Gasteiger partial charge is 0.391 e. The van der Waals surface area contributed by atoms with Crippen LogP contribution in [0, 0.1) is 0 Å². The number of aliphatic hydroxyl groups excluding tert-OH is 1. The molecule has 1 saturated heterocycles. The Hall–Kier alpha value is -0.710. The topological polar surface area (TPSA) is 45.5 Å². The fourth-order valence-corrected chi connectivity index (χ4v) is 2.42. The summed E-state index contributed by atoms with van der Waals surface area (Å²) in [7, 11) is 1.70. The van der Waals surface area contributed by atoms with Gasteiger partial charge in [0.2, 0.25) is 0 Å². The van der Waals surface area contributed by atoms with Crippen molar-refractivity contribution >= 4 is 29.1 Å². The number of nitrogens with zero attached hydrogens (tertiary/aromatic N) is 2. The van der Waals surface area contributed by atoms with Gasteiger partial charge in [-0.2, -0.15) is 0 Å². The molecule has 1 aromatic heterocycles. The third-order valence-corrected chi connectivity index (χ3v) is 3.86. The van der Waals surface area contributed by atoms with Gasteiger partial charge in [-0.05, 0) is 18.9 Å². The lowest BCUT2D eigenvalue weighted by molar-refractivity contribution is 0.0466. The molecule has 0 saturated carbocycles. The van der Waals surface area contributed by atoms with Gasteiger partial charge in [0.05, 0.1) is 11.1 Å². The average molecular weight is 277 g/mol. The zero-order chi connectivity index (χ0) is 12.6. The van der Waals surface area contributed by atoms with Crippen LogP contribution in [0.15, 0.2) is 6.07 Å². The van der Waals surface area contributed by atoms with Gasteiger partial charge in [-0.15, -0.1) is 0 Å². The molecule has 0 spiro atoms. The van der Waals surface area contributed by atoms with Crippen molar-refractivity contribution in [1.82, 2.24) is 9.47 Å². The molecule has 4 nitrogen and oxygen atoms in total. The van der Waals surface area contributed by atoms with Gasteiger partial charge in [-0.3, -0.25) is 4.79 Å². The standard InChI is InChI=1S/C11H14Cl2N2O2/c1-14-9(5-8(12)10(14)13)11(17)15-4-2-3-7(16)6-15/h5,7,16H,2-4,6H2,1H3/t7-/m0/s1. The molecule has 1 amide bonds. The zero-order valence-corrected chi connectivity index (χ0v) is 11.0. The summed E-state index contributed by atoms with van der Waals surface area (Å²) in [5.41, 5.74) is 0.453. The van der Waals surface area contributed by atoms with Gasteiger partial charge in [0.15, 0.2) is 0 Å². The van der Waals surface area contributed by atoms with E-state index in [0.717, 1.165) is 12.8 Å². The number of hydrogen-bond acceptors (Lipinski definition) is 2. The predicted molar refractivity (Wildman–Crippen MR) is 66.6 cm³/mol. The van der Waals surface area contributed by atoms with E-state index in [9.17, 15) is 9.90 Å². The summed E-state index contributed by atoms with van der Waals surface area (Å²) in [6.45, 7) is 1.04. The summed E-state index contributed by atoms with van der Waals surface area (Å²) < 4.78 is 1.56. The van der Waals surface area contributed by atoms with E-state index in [2.05, 4.69) is 0 Å². The summed E-state index contributed by atoms with van der Waals surface area (Å²) in [6, 6.07) is 1.56. The Balaban J connectivity index is 2.21. The van der Waals surface area contributed by atoms with Crippen LogP contribution in [-0.2, 0) is 7.05 Å². The van der Waals surface area contributed by atoms with Gasteiger partial charge in [-0.25, -0.2) is 0 Å². The third kappa shape index (κ3) is 2.44. The number of piperidine rings is 1. The number of rotatable bonds is 1. The van der Waals surface area contributed by atoms with Crippen LogP contribution in [0.25, 0.3) is 0 Å². The Morgan fingerprint density at radius 2 is 2.24 bits per heavy atom. The summed E-state index contributed by atoms with van der Waals surface area (Å²) >= 11 is 11.8. The third-order valence-electron chi connectivity index (χ3n) is 3.02. The smallest absolute Gasteiger partial charge is 0.270 e. The molecule has 6 heteroatoms. The van der Waals surface area contributed by atoms with Crippen LogP contribution in [0.3, 0.4) is 0 Å². The summed E-state index contributed by atoms with van der Waals surface area (Å²) in [6.07, 6.45) is 1.14. The van der Waals surface area contributed by atoms with Crippen molar-refractivity contribution in [3.8, 4) is 0 Å². The monoisotopic (exact) mass is 276 g/mol. The molecule has 0 radical (unpaired) electrons. The first-order valence-electron chi connectivity index (χ1n) is 5.48. The van der Waals surface area contributed by atoms with Crippen LogP contribution in [0.1, 0.15) is 23.3 Å². The van der Waals surface area contributed by atoms with Gasteiger partial charge < -0.3 is 14.6 Å². The van der Waals surface area contributed by atoms with Gasteiger partial charge in [0, 0.05) is 20.1 Å². The highest BCUT2D eigenvalue weighted by atomic mass is 35.5. The highest BCUT2D eigenvalue weighted by Crippen LogP contribution is 2.26. The van der Waals surface area contributed by atoms with E-state index in [0.29, 0.717) is 29.0 Å². The second-order valence-electron chi connectivity index (χ2n) is 4.27. The minimum Gasteiger partial charge on any atom is -0.391 e. The van der Waals surface area contributed by atoms with Gasteiger partial charge in [-0.1, -0.05) is 23.2 Å². The Kier molecular flexibility index (Phi) is 3.66. The van der Waals surface area contributed by atoms with Crippen molar-refractivity contribution in [1.29, 1.82) is 0 Å². The van der Waals surface area contributed by atoms with E-state index >= 15 is 0 Å². The number of aromatic nitrogens is 1. The van der Waals surface area contributed by atoms with Crippen molar-refractivity contribution in [2.45, 2.75) is 18.9 Å². The molecule has 1 aromatic rings. The zero-order valence-electron chi connectivity index (χ0n) is 9.49. The molecule has 17 heavy (non-hydrogen) atoms. The summed E-state index contributed by atoms with van der Waals surface area (Å²) in [5.74, 6) is -0.139. The highest BCUT2D eigenvalue weighted by Gasteiger charge is 2.25. The molecule has 0 aliphatic carbocycles. The second-order valence-corrected chi connectivity index (χ2v) is 5.04. The average Bonchev–Trinajstić information content (AvgIpc) is 2.56. The maximum absolute atomic E-state index is 12.2. The first-order chi connectivity index (χ1) is 8.00.